The molecule has 0 unspecified atom stereocenters. The molecule has 0 saturated heterocycles. The number of halogens is 1. The summed E-state index contributed by atoms with van der Waals surface area (Å²) in [7, 11) is 0. The fourth-order valence-corrected chi connectivity index (χ4v) is 0.877. The Labute approximate surface area is 71.3 Å². The Morgan fingerprint density at radius 1 is 1.27 bits per heavy atom. The molecule has 0 aliphatic carbocycles. The van der Waals surface area contributed by atoms with Crippen LogP contribution < -0.4 is 13.9 Å². The summed E-state index contributed by atoms with van der Waals surface area (Å²) in [5, 5.41) is 6.50. The number of nitrogens with two attached hydrogens (primary N) is 1. The van der Waals surface area contributed by atoms with Gasteiger partial charge in [0.15, 0.2) is 5.75 Å². The van der Waals surface area contributed by atoms with Crippen LogP contribution in [-0.2, 0) is 0 Å². The second-order valence-corrected chi connectivity index (χ2v) is 2.04. The summed E-state index contributed by atoms with van der Waals surface area (Å²) >= 11 is -0.740. The van der Waals surface area contributed by atoms with Gasteiger partial charge in [-0.05, 0) is 12.1 Å². The average molecular weight is 222 g/mol. The molecule has 0 spiro atoms. The highest BCUT2D eigenvalue weighted by Crippen LogP contribution is 2.06. The zero-order valence-corrected chi connectivity index (χ0v) is 7.19. The number of benzene rings is 1. The average Bonchev–Trinajstić information content (AvgIpc) is 2.11. The predicted molar refractivity (Wildman–Crippen MR) is 33.0 cm³/mol. The molecule has 0 radical (unpaired) electrons. The van der Waals surface area contributed by atoms with Crippen LogP contribution in [0.15, 0.2) is 30.3 Å². The van der Waals surface area contributed by atoms with E-state index < -0.39 is 15.5 Å². The molecule has 1 aromatic carbocycles. The summed E-state index contributed by atoms with van der Waals surface area (Å²) in [4.78, 5) is 0. The number of rotatable bonds is 2. The summed E-state index contributed by atoms with van der Waals surface area (Å²) in [6.07, 6.45) is 0. The highest BCUT2D eigenvalue weighted by atomic mass is 79.9. The molecule has 0 aliphatic rings. The van der Waals surface area contributed by atoms with Gasteiger partial charge in [-0.1, -0.05) is 18.2 Å². The minimum absolute atomic E-state index is 0.646. The maximum Gasteiger partial charge on any atom is 0.481 e. The van der Waals surface area contributed by atoms with E-state index in [9.17, 15) is 4.20 Å². The van der Waals surface area contributed by atoms with E-state index in [0.717, 1.165) is 0 Å². The molecule has 5 heteroatoms. The Morgan fingerprint density at radius 2 is 1.82 bits per heavy atom. The first-order valence-corrected chi connectivity index (χ1v) is 3.98. The van der Waals surface area contributed by atoms with Crippen molar-refractivity contribution >= 4 is 0 Å². The van der Waals surface area contributed by atoms with Crippen LogP contribution in [0.5, 0.6) is 5.75 Å². The highest BCUT2D eigenvalue weighted by molar-refractivity contribution is 5.19. The summed E-state index contributed by atoms with van der Waals surface area (Å²) in [5.41, 5.74) is 0. The maximum atomic E-state index is 9.91. The smallest absolute Gasteiger partial charge is 0.481 e. The maximum absolute atomic E-state index is 9.91. The van der Waals surface area contributed by atoms with E-state index in [1.807, 2.05) is 18.2 Å². The molecular weight excluding hydrogens is 214 g/mol. The highest BCUT2D eigenvalue weighted by Gasteiger charge is 1.94. The molecule has 4 nitrogen and oxygen atoms in total. The monoisotopic (exact) mass is 221 g/mol. The lowest BCUT2D eigenvalue weighted by molar-refractivity contribution is -1.25. The third-order valence-electron chi connectivity index (χ3n) is 0.864. The van der Waals surface area contributed by atoms with Crippen molar-refractivity contribution in [3.63, 3.8) is 0 Å². The van der Waals surface area contributed by atoms with E-state index in [-0.39, 0.29) is 0 Å². The van der Waals surface area contributed by atoms with Crippen molar-refractivity contribution in [2.24, 2.45) is 5.90 Å². The Hall–Kier alpha value is -0.620. The van der Waals surface area contributed by atoms with Gasteiger partial charge in [0.1, 0.15) is 0 Å². The molecule has 0 aliphatic heterocycles. The lowest BCUT2D eigenvalue weighted by Crippen LogP contribution is -2.06. The molecule has 62 valence electrons. The van der Waals surface area contributed by atoms with Crippen LogP contribution in [0, 0.1) is 15.5 Å². The van der Waals surface area contributed by atoms with Crippen LogP contribution in [0.4, 0.5) is 0 Å². The lowest BCUT2D eigenvalue weighted by Gasteiger charge is -1.87. The topological polar surface area (TPSA) is 78.5 Å². The Bertz CT molecular complexity index is 171. The Kier molecular flexibility index (Phi) is 7.06. The SMILES string of the molecule is NO.[O-][Br+]Oc1ccccc1. The molecular formula is C6H8BrNO3. The summed E-state index contributed by atoms with van der Waals surface area (Å²) in [6, 6.07) is 9.05. The van der Waals surface area contributed by atoms with Crippen LogP contribution in [0.3, 0.4) is 0 Å². The van der Waals surface area contributed by atoms with Crippen LogP contribution >= 0.6 is 0 Å². The normalized spacial score (nSPS) is 7.91. The van der Waals surface area contributed by atoms with Crippen molar-refractivity contribution in [1.29, 1.82) is 0 Å². The minimum atomic E-state index is -0.740. The second kappa shape index (κ2) is 7.49. The molecule has 11 heavy (non-hydrogen) atoms. The van der Waals surface area contributed by atoms with E-state index in [4.69, 9.17) is 5.21 Å². The first-order chi connectivity index (χ1) is 5.43. The van der Waals surface area contributed by atoms with E-state index in [1.165, 1.54) is 0 Å². The van der Waals surface area contributed by atoms with Crippen LogP contribution in [0.2, 0.25) is 0 Å². The predicted octanol–water partition coefficient (Wildman–Crippen LogP) is -0.325. The fourth-order valence-electron chi connectivity index (χ4n) is 0.508. The third-order valence-corrected chi connectivity index (χ3v) is 1.37. The molecule has 0 saturated carbocycles. The molecule has 0 aromatic heterocycles. The molecule has 0 atom stereocenters. The van der Waals surface area contributed by atoms with E-state index in [1.54, 1.807) is 12.1 Å². The number of para-hydroxylation sites is 1. The van der Waals surface area contributed by atoms with Crippen LogP contribution in [0.25, 0.3) is 0 Å². The van der Waals surface area contributed by atoms with Crippen molar-refractivity contribution in [3.8, 4) is 5.75 Å². The van der Waals surface area contributed by atoms with Gasteiger partial charge in [0.05, 0.1) is 0 Å². The second-order valence-electron chi connectivity index (χ2n) is 1.45. The number of hydrogen-bond donors (Lipinski definition) is 2. The first-order valence-electron chi connectivity index (χ1n) is 2.68. The molecule has 1 rings (SSSR count). The standard InChI is InChI=1S/C6H5BrO2.H3NO/c8-7-9-6-4-2-1-3-5-6;1-2/h1-5H;2H,1H2. The fraction of sp³-hybridized carbons (Fsp3) is 0. The van der Waals surface area contributed by atoms with Gasteiger partial charge in [-0.15, -0.1) is 0 Å². The van der Waals surface area contributed by atoms with Gasteiger partial charge in [-0.2, -0.15) is 0 Å². The van der Waals surface area contributed by atoms with Crippen LogP contribution in [0.1, 0.15) is 0 Å². The van der Waals surface area contributed by atoms with Gasteiger partial charge in [0.25, 0.3) is 0 Å². The largest absolute Gasteiger partial charge is 0.541 e. The first kappa shape index (κ1) is 10.4. The zero-order chi connectivity index (χ0) is 8.53. The van der Waals surface area contributed by atoms with Gasteiger partial charge in [-0.25, -0.2) is 9.73 Å². The summed E-state index contributed by atoms with van der Waals surface area (Å²) in [6.45, 7) is 0. The van der Waals surface area contributed by atoms with Gasteiger partial charge >= 0.3 is 15.5 Å². The van der Waals surface area contributed by atoms with Gasteiger partial charge in [0, 0.05) is 0 Å². The molecule has 3 N–H and O–H groups in total. The quantitative estimate of drug-likeness (QED) is 0.672. The van der Waals surface area contributed by atoms with Crippen LogP contribution in [-0.4, -0.2) is 5.21 Å². The van der Waals surface area contributed by atoms with E-state index >= 15 is 0 Å². The van der Waals surface area contributed by atoms with Crippen molar-refractivity contribution in [1.82, 2.24) is 0 Å². The Morgan fingerprint density at radius 3 is 2.27 bits per heavy atom. The molecule has 0 bridgehead atoms. The molecule has 0 fully saturated rings. The minimum Gasteiger partial charge on any atom is -0.541 e. The molecule has 0 heterocycles. The molecule has 1 aromatic rings. The van der Waals surface area contributed by atoms with Gasteiger partial charge in [0.2, 0.25) is 0 Å². The lowest BCUT2D eigenvalue weighted by atomic mass is 10.3. The third kappa shape index (κ3) is 4.74. The van der Waals surface area contributed by atoms with Gasteiger partial charge < -0.3 is 9.41 Å². The van der Waals surface area contributed by atoms with Gasteiger partial charge in [-0.3, -0.25) is 0 Å². The molecule has 0 amide bonds. The van der Waals surface area contributed by atoms with Crippen molar-refractivity contribution < 1.29 is 28.8 Å². The van der Waals surface area contributed by atoms with E-state index in [2.05, 4.69) is 9.73 Å². The summed E-state index contributed by atoms with van der Waals surface area (Å²) in [5.74, 6) is 4.15. The number of hydrogen-bond acceptors (Lipinski definition) is 4. The zero-order valence-electron chi connectivity index (χ0n) is 5.61. The van der Waals surface area contributed by atoms with Crippen molar-refractivity contribution in [2.45, 2.75) is 0 Å². The van der Waals surface area contributed by atoms with Crippen molar-refractivity contribution in [3.05, 3.63) is 30.3 Å². The Balaban J connectivity index is 0.000000461. The summed E-state index contributed by atoms with van der Waals surface area (Å²) < 4.78 is 14.6. The van der Waals surface area contributed by atoms with E-state index in [0.29, 0.717) is 5.75 Å². The van der Waals surface area contributed by atoms with Crippen molar-refractivity contribution in [2.75, 3.05) is 0 Å².